The molecule has 2 aromatic carbocycles. The second-order valence-corrected chi connectivity index (χ2v) is 9.02. The summed E-state index contributed by atoms with van der Waals surface area (Å²) in [7, 11) is -3.74. The van der Waals surface area contributed by atoms with Crippen molar-refractivity contribution in [2.75, 3.05) is 17.2 Å². The normalized spacial score (nSPS) is 14.4. The van der Waals surface area contributed by atoms with Crippen LogP contribution >= 0.6 is 0 Å². The molecule has 1 aliphatic rings. The fourth-order valence-electron chi connectivity index (χ4n) is 2.92. The van der Waals surface area contributed by atoms with E-state index in [-0.39, 0.29) is 29.7 Å². The number of carbonyl (C=O) groups is 2. The highest BCUT2D eigenvalue weighted by atomic mass is 32.2. The summed E-state index contributed by atoms with van der Waals surface area (Å²) in [4.78, 5) is 23.7. The predicted molar refractivity (Wildman–Crippen MR) is 106 cm³/mol. The molecule has 0 saturated heterocycles. The van der Waals surface area contributed by atoms with Crippen molar-refractivity contribution >= 4 is 33.0 Å². The average Bonchev–Trinajstić information content (AvgIpc) is 2.67. The van der Waals surface area contributed by atoms with Gasteiger partial charge in [-0.3, -0.25) is 9.59 Å². The zero-order valence-electron chi connectivity index (χ0n) is 15.7. The van der Waals surface area contributed by atoms with Gasteiger partial charge >= 0.3 is 0 Å². The van der Waals surface area contributed by atoms with E-state index in [0.29, 0.717) is 17.1 Å². The Morgan fingerprint density at radius 3 is 2.79 bits per heavy atom. The Bertz CT molecular complexity index is 1020. The van der Waals surface area contributed by atoms with Crippen molar-refractivity contribution < 1.29 is 22.7 Å². The summed E-state index contributed by atoms with van der Waals surface area (Å²) in [6.07, 6.45) is 0.669. The van der Waals surface area contributed by atoms with Crippen LogP contribution in [-0.4, -0.2) is 32.1 Å². The number of hydrogen-bond donors (Lipinski definition) is 2. The fraction of sp³-hybridized carbons (Fsp3) is 0.300. The molecular formula is C20H22N2O5S. The molecule has 1 heterocycles. The second-order valence-electron chi connectivity index (χ2n) is 6.66. The number of nitrogens with one attached hydrogen (secondary N) is 2. The lowest BCUT2D eigenvalue weighted by atomic mass is 10.1. The van der Waals surface area contributed by atoms with Gasteiger partial charge in [0.2, 0.25) is 5.91 Å². The molecule has 1 unspecified atom stereocenters. The maximum atomic E-state index is 12.8. The highest BCUT2D eigenvalue weighted by molar-refractivity contribution is 7.92. The molecule has 2 N–H and O–H groups in total. The van der Waals surface area contributed by atoms with E-state index in [0.717, 1.165) is 12.0 Å². The van der Waals surface area contributed by atoms with Gasteiger partial charge in [-0.25, -0.2) is 8.42 Å². The first kappa shape index (κ1) is 19.9. The minimum atomic E-state index is -3.74. The number of benzene rings is 2. The Hall–Kier alpha value is -2.87. The van der Waals surface area contributed by atoms with Gasteiger partial charge in [0, 0.05) is 18.2 Å². The first-order valence-corrected chi connectivity index (χ1v) is 10.5. The lowest BCUT2D eigenvalue weighted by Gasteiger charge is -2.19. The molecule has 2 aromatic rings. The molecule has 0 aliphatic carbocycles. The summed E-state index contributed by atoms with van der Waals surface area (Å²) in [6, 6.07) is 11.7. The summed E-state index contributed by atoms with van der Waals surface area (Å²) >= 11 is 0. The quantitative estimate of drug-likeness (QED) is 0.774. The van der Waals surface area contributed by atoms with E-state index in [2.05, 4.69) is 10.6 Å². The zero-order chi connectivity index (χ0) is 20.3. The fourth-order valence-corrected chi connectivity index (χ4v) is 4.28. The van der Waals surface area contributed by atoms with Gasteiger partial charge < -0.3 is 15.4 Å². The third-order valence-corrected chi connectivity index (χ3v) is 6.67. The van der Waals surface area contributed by atoms with E-state index < -0.39 is 15.1 Å². The summed E-state index contributed by atoms with van der Waals surface area (Å²) in [5.41, 5.74) is 2.16. The van der Waals surface area contributed by atoms with Crippen LogP contribution in [0.15, 0.2) is 47.4 Å². The van der Waals surface area contributed by atoms with E-state index in [1.165, 1.54) is 25.1 Å². The van der Waals surface area contributed by atoms with Gasteiger partial charge in [-0.15, -0.1) is 0 Å². The Labute approximate surface area is 164 Å². The van der Waals surface area contributed by atoms with E-state index in [9.17, 15) is 18.0 Å². The first-order valence-electron chi connectivity index (χ1n) is 8.99. The second kappa shape index (κ2) is 8.02. The maximum absolute atomic E-state index is 12.8. The number of ether oxygens (including phenoxy) is 1. The largest absolute Gasteiger partial charge is 0.482 e. The van der Waals surface area contributed by atoms with Crippen molar-refractivity contribution in [1.29, 1.82) is 0 Å². The summed E-state index contributed by atoms with van der Waals surface area (Å²) < 4.78 is 31.0. The Morgan fingerprint density at radius 2 is 2.04 bits per heavy atom. The van der Waals surface area contributed by atoms with Crippen LogP contribution < -0.4 is 15.4 Å². The van der Waals surface area contributed by atoms with Crippen LogP contribution in [0.1, 0.15) is 25.8 Å². The summed E-state index contributed by atoms with van der Waals surface area (Å²) in [5, 5.41) is 4.45. The molecule has 2 amide bonds. The highest BCUT2D eigenvalue weighted by Gasteiger charge is 2.28. The van der Waals surface area contributed by atoms with Gasteiger partial charge in [0.15, 0.2) is 16.4 Å². The number of amides is 2. The third-order valence-electron chi connectivity index (χ3n) is 4.54. The molecule has 1 aliphatic heterocycles. The van der Waals surface area contributed by atoms with Crippen LogP contribution in [0.25, 0.3) is 0 Å². The summed E-state index contributed by atoms with van der Waals surface area (Å²) in [6.45, 7) is 3.36. The number of fused-ring (bicyclic) bond motifs is 1. The van der Waals surface area contributed by atoms with Crippen molar-refractivity contribution in [3.05, 3.63) is 48.0 Å². The van der Waals surface area contributed by atoms with Gasteiger partial charge in [-0.2, -0.15) is 0 Å². The average molecular weight is 402 g/mol. The molecule has 0 aromatic heterocycles. The highest BCUT2D eigenvalue weighted by Crippen LogP contribution is 2.31. The number of aryl methyl sites for hydroxylation is 1. The molecule has 0 spiro atoms. The van der Waals surface area contributed by atoms with Crippen LogP contribution in [0, 0.1) is 0 Å². The van der Waals surface area contributed by atoms with Crippen molar-refractivity contribution in [1.82, 2.24) is 0 Å². The molecule has 8 heteroatoms. The molecule has 28 heavy (non-hydrogen) atoms. The molecule has 1 atom stereocenters. The maximum Gasteiger partial charge on any atom is 0.262 e. The van der Waals surface area contributed by atoms with E-state index >= 15 is 0 Å². The van der Waals surface area contributed by atoms with E-state index in [1.54, 1.807) is 6.07 Å². The van der Waals surface area contributed by atoms with Gasteiger partial charge in [0.25, 0.3) is 5.91 Å². The number of carbonyl (C=O) groups excluding carboxylic acids is 2. The Balaban J connectivity index is 1.71. The van der Waals surface area contributed by atoms with E-state index in [4.69, 9.17) is 4.74 Å². The minimum Gasteiger partial charge on any atom is -0.482 e. The Kier molecular flexibility index (Phi) is 5.69. The van der Waals surface area contributed by atoms with Gasteiger partial charge in [-0.1, -0.05) is 19.1 Å². The van der Waals surface area contributed by atoms with Crippen LogP contribution in [0.3, 0.4) is 0 Å². The molecule has 0 fully saturated rings. The van der Waals surface area contributed by atoms with Crippen LogP contribution in [-0.2, 0) is 25.8 Å². The first-order chi connectivity index (χ1) is 13.3. The molecule has 148 valence electrons. The number of sulfone groups is 1. The van der Waals surface area contributed by atoms with Crippen LogP contribution in [0.2, 0.25) is 0 Å². The van der Waals surface area contributed by atoms with Crippen LogP contribution in [0.4, 0.5) is 11.4 Å². The molecular weight excluding hydrogens is 380 g/mol. The molecule has 3 rings (SSSR count). The Morgan fingerprint density at radius 1 is 1.25 bits per heavy atom. The van der Waals surface area contributed by atoms with Crippen LogP contribution in [0.5, 0.6) is 5.75 Å². The molecule has 0 radical (unpaired) electrons. The smallest absolute Gasteiger partial charge is 0.262 e. The van der Waals surface area contributed by atoms with Crippen molar-refractivity contribution in [2.45, 2.75) is 36.8 Å². The predicted octanol–water partition coefficient (Wildman–Crippen LogP) is 2.77. The number of anilines is 2. The standard InChI is InChI=1S/C20H22N2O5S/c1-3-14-5-4-6-15(10-14)21-19(23)9-13(2)28(25,26)16-7-8-17-18(11-16)27-12-20(24)22-17/h4-8,10-11,13H,3,9,12H2,1-2H3,(H,21,23)(H,22,24). The summed E-state index contributed by atoms with van der Waals surface area (Å²) in [5.74, 6) is -0.361. The third kappa shape index (κ3) is 4.33. The monoisotopic (exact) mass is 402 g/mol. The number of hydrogen-bond acceptors (Lipinski definition) is 5. The lowest BCUT2D eigenvalue weighted by molar-refractivity contribution is -0.118. The molecule has 7 nitrogen and oxygen atoms in total. The van der Waals surface area contributed by atoms with Gasteiger partial charge in [0.05, 0.1) is 15.8 Å². The topological polar surface area (TPSA) is 102 Å². The van der Waals surface area contributed by atoms with Crippen molar-refractivity contribution in [3.8, 4) is 5.75 Å². The van der Waals surface area contributed by atoms with Crippen molar-refractivity contribution in [3.63, 3.8) is 0 Å². The zero-order valence-corrected chi connectivity index (χ0v) is 16.5. The van der Waals surface area contributed by atoms with Gasteiger partial charge in [-0.05, 0) is 43.2 Å². The molecule has 0 bridgehead atoms. The van der Waals surface area contributed by atoms with E-state index in [1.807, 2.05) is 25.1 Å². The minimum absolute atomic E-state index is 0.0516. The number of rotatable bonds is 6. The SMILES string of the molecule is CCc1cccc(NC(=O)CC(C)S(=O)(=O)c2ccc3c(c2)OCC(=O)N3)c1. The molecule has 0 saturated carbocycles. The lowest BCUT2D eigenvalue weighted by Crippen LogP contribution is -2.27. The van der Waals surface area contributed by atoms with Gasteiger partial charge in [0.1, 0.15) is 5.75 Å². The van der Waals surface area contributed by atoms with Crippen molar-refractivity contribution in [2.24, 2.45) is 0 Å².